The third-order valence-corrected chi connectivity index (χ3v) is 5.94. The molecule has 23 heavy (non-hydrogen) atoms. The second-order valence-electron chi connectivity index (χ2n) is 6.03. The van der Waals surface area contributed by atoms with E-state index in [1.807, 2.05) is 13.8 Å². The minimum atomic E-state index is -3.70. The number of fused-ring (bicyclic) bond motifs is 1. The Balaban J connectivity index is 1.83. The smallest absolute Gasteiger partial charge is 0.326 e. The molecule has 1 amide bonds. The Morgan fingerprint density at radius 1 is 1.17 bits per heavy atom. The van der Waals surface area contributed by atoms with Crippen molar-refractivity contribution in [2.45, 2.75) is 26.1 Å². The van der Waals surface area contributed by atoms with E-state index in [-0.39, 0.29) is 24.7 Å². The highest BCUT2D eigenvalue weighted by Gasteiger charge is 2.40. The molecular weight excluding hydrogens is 318 g/mol. The highest BCUT2D eigenvalue weighted by Crippen LogP contribution is 2.39. The number of nitrogens with zero attached hydrogens (tertiary/aromatic N) is 3. The van der Waals surface area contributed by atoms with E-state index in [0.29, 0.717) is 24.5 Å². The molecule has 0 radical (unpaired) electrons. The van der Waals surface area contributed by atoms with Crippen LogP contribution in [0.2, 0.25) is 0 Å². The molecule has 2 aliphatic rings. The average Bonchev–Trinajstić information content (AvgIpc) is 2.68. The summed E-state index contributed by atoms with van der Waals surface area (Å²) >= 11 is 0. The number of carbonyl (C=O) groups excluding carboxylic acids is 1. The van der Waals surface area contributed by atoms with Crippen LogP contribution in [-0.4, -0.2) is 58.1 Å². The van der Waals surface area contributed by atoms with Gasteiger partial charge in [-0.3, -0.25) is 9.10 Å². The molecule has 1 fully saturated rings. The van der Waals surface area contributed by atoms with Gasteiger partial charge < -0.3 is 9.64 Å². The van der Waals surface area contributed by atoms with Crippen LogP contribution in [0.25, 0.3) is 0 Å². The van der Waals surface area contributed by atoms with E-state index in [4.69, 9.17) is 4.74 Å². The van der Waals surface area contributed by atoms with E-state index in [0.717, 1.165) is 0 Å². The molecule has 126 valence electrons. The normalized spacial score (nSPS) is 26.3. The Kier molecular flexibility index (Phi) is 3.97. The topological polar surface area (TPSA) is 70.2 Å². The maximum atomic E-state index is 12.6. The minimum Gasteiger partial charge on any atom is -0.372 e. The van der Waals surface area contributed by atoms with Gasteiger partial charge in [-0.15, -0.1) is 0 Å². The number of amides is 1. The maximum Gasteiger partial charge on any atom is 0.326 e. The summed E-state index contributed by atoms with van der Waals surface area (Å²) in [6.45, 7) is 4.59. The lowest BCUT2D eigenvalue weighted by atomic mass is 10.2. The van der Waals surface area contributed by atoms with E-state index in [2.05, 4.69) is 0 Å². The van der Waals surface area contributed by atoms with E-state index >= 15 is 0 Å². The van der Waals surface area contributed by atoms with Gasteiger partial charge in [0.2, 0.25) is 5.91 Å². The number of morpholine rings is 1. The first-order chi connectivity index (χ1) is 10.8. The Morgan fingerprint density at radius 2 is 1.74 bits per heavy atom. The summed E-state index contributed by atoms with van der Waals surface area (Å²) in [4.78, 5) is 14.3. The molecule has 0 spiro atoms. The van der Waals surface area contributed by atoms with E-state index < -0.39 is 10.2 Å². The second-order valence-corrected chi connectivity index (χ2v) is 7.91. The lowest BCUT2D eigenvalue weighted by Gasteiger charge is -2.36. The predicted octanol–water partition coefficient (Wildman–Crippen LogP) is 0.823. The number of carbonyl (C=O) groups is 1. The molecule has 1 aromatic carbocycles. The van der Waals surface area contributed by atoms with Crippen LogP contribution in [0.15, 0.2) is 24.3 Å². The van der Waals surface area contributed by atoms with Gasteiger partial charge in [0.1, 0.15) is 6.54 Å². The average molecular weight is 339 g/mol. The van der Waals surface area contributed by atoms with Crippen molar-refractivity contribution in [3.63, 3.8) is 0 Å². The van der Waals surface area contributed by atoms with E-state index in [1.54, 1.807) is 29.2 Å². The summed E-state index contributed by atoms with van der Waals surface area (Å²) in [5.41, 5.74) is 1.13. The van der Waals surface area contributed by atoms with Crippen molar-refractivity contribution in [3.05, 3.63) is 24.3 Å². The maximum absolute atomic E-state index is 12.6. The Morgan fingerprint density at radius 3 is 2.35 bits per heavy atom. The second kappa shape index (κ2) is 5.68. The zero-order valence-corrected chi connectivity index (χ0v) is 14.3. The summed E-state index contributed by atoms with van der Waals surface area (Å²) in [6.07, 6.45) is -0.0966. The first-order valence-electron chi connectivity index (χ1n) is 7.59. The molecule has 1 aromatic rings. The number of rotatable bonds is 2. The number of benzene rings is 1. The fourth-order valence-corrected chi connectivity index (χ4v) is 4.48. The minimum absolute atomic E-state index is 0.0483. The lowest BCUT2D eigenvalue weighted by Crippen LogP contribution is -2.52. The van der Waals surface area contributed by atoms with E-state index in [1.165, 1.54) is 15.7 Å². The Hall–Kier alpha value is -1.80. The van der Waals surface area contributed by atoms with Crippen molar-refractivity contribution >= 4 is 27.5 Å². The SMILES string of the molecule is CC1CN(C(=O)CN2c3ccccc3N(C)S2(=O)=O)CC(C)O1. The molecule has 1 saturated heterocycles. The third-order valence-electron chi connectivity index (χ3n) is 4.17. The van der Waals surface area contributed by atoms with Crippen LogP contribution < -0.4 is 8.61 Å². The molecule has 0 bridgehead atoms. The zero-order valence-electron chi connectivity index (χ0n) is 13.5. The molecule has 2 heterocycles. The molecule has 2 atom stereocenters. The van der Waals surface area contributed by atoms with Crippen molar-refractivity contribution in [3.8, 4) is 0 Å². The standard InChI is InChI=1S/C15H21N3O4S/c1-11-8-17(9-12(2)22-11)15(19)10-18-14-7-5-4-6-13(14)16(3)23(18,20)21/h4-7,11-12H,8-10H2,1-3H3. The van der Waals surface area contributed by atoms with Crippen LogP contribution in [0.1, 0.15) is 13.8 Å². The van der Waals surface area contributed by atoms with Gasteiger partial charge in [0.05, 0.1) is 23.6 Å². The van der Waals surface area contributed by atoms with Gasteiger partial charge in [0, 0.05) is 20.1 Å². The summed E-state index contributed by atoms with van der Waals surface area (Å²) in [6, 6.07) is 7.00. The number of hydrogen-bond acceptors (Lipinski definition) is 4. The summed E-state index contributed by atoms with van der Waals surface area (Å²) in [5.74, 6) is -0.208. The summed E-state index contributed by atoms with van der Waals surface area (Å²) in [5, 5.41) is 0. The number of ether oxygens (including phenoxy) is 1. The first kappa shape index (κ1) is 16.1. The quantitative estimate of drug-likeness (QED) is 0.800. The van der Waals surface area contributed by atoms with Gasteiger partial charge in [0.25, 0.3) is 0 Å². The van der Waals surface area contributed by atoms with Crippen molar-refractivity contribution in [2.75, 3.05) is 35.3 Å². The van der Waals surface area contributed by atoms with Crippen LogP contribution in [0, 0.1) is 0 Å². The predicted molar refractivity (Wildman–Crippen MR) is 87.7 cm³/mol. The number of hydrogen-bond donors (Lipinski definition) is 0. The van der Waals surface area contributed by atoms with Crippen LogP contribution in [-0.2, 0) is 19.7 Å². The molecule has 7 nitrogen and oxygen atoms in total. The molecule has 0 aromatic heterocycles. The van der Waals surface area contributed by atoms with Gasteiger partial charge in [-0.2, -0.15) is 8.42 Å². The largest absolute Gasteiger partial charge is 0.372 e. The highest BCUT2D eigenvalue weighted by atomic mass is 32.2. The molecule has 0 N–H and O–H groups in total. The van der Waals surface area contributed by atoms with Gasteiger partial charge in [0.15, 0.2) is 0 Å². The molecule has 3 rings (SSSR count). The van der Waals surface area contributed by atoms with Crippen molar-refractivity contribution < 1.29 is 17.9 Å². The highest BCUT2D eigenvalue weighted by molar-refractivity contribution is 7.94. The van der Waals surface area contributed by atoms with Gasteiger partial charge in [-0.05, 0) is 26.0 Å². The molecule has 8 heteroatoms. The van der Waals surface area contributed by atoms with Crippen LogP contribution in [0.5, 0.6) is 0 Å². The fourth-order valence-electron chi connectivity index (χ4n) is 3.11. The number of para-hydroxylation sites is 2. The molecule has 0 saturated carbocycles. The fraction of sp³-hybridized carbons (Fsp3) is 0.533. The first-order valence-corrected chi connectivity index (χ1v) is 8.99. The molecule has 2 aliphatic heterocycles. The van der Waals surface area contributed by atoms with Crippen LogP contribution in [0.4, 0.5) is 11.4 Å². The van der Waals surface area contributed by atoms with Crippen molar-refractivity contribution in [1.82, 2.24) is 4.90 Å². The Bertz CT molecular complexity index is 711. The van der Waals surface area contributed by atoms with Gasteiger partial charge >= 0.3 is 10.2 Å². The van der Waals surface area contributed by atoms with Crippen LogP contribution >= 0.6 is 0 Å². The van der Waals surface area contributed by atoms with Crippen LogP contribution in [0.3, 0.4) is 0 Å². The van der Waals surface area contributed by atoms with Crippen molar-refractivity contribution in [1.29, 1.82) is 0 Å². The van der Waals surface area contributed by atoms with E-state index in [9.17, 15) is 13.2 Å². The number of anilines is 2. The lowest BCUT2D eigenvalue weighted by molar-refractivity contribution is -0.141. The Labute approximate surface area is 136 Å². The van der Waals surface area contributed by atoms with Gasteiger partial charge in [-0.1, -0.05) is 12.1 Å². The summed E-state index contributed by atoms with van der Waals surface area (Å²) < 4.78 is 33.1. The zero-order chi connectivity index (χ0) is 16.8. The monoisotopic (exact) mass is 339 g/mol. The molecule has 2 unspecified atom stereocenters. The molecular formula is C15H21N3O4S. The van der Waals surface area contributed by atoms with Crippen molar-refractivity contribution in [2.24, 2.45) is 0 Å². The third kappa shape index (κ3) is 2.76. The van der Waals surface area contributed by atoms with Gasteiger partial charge in [-0.25, -0.2) is 4.31 Å². The summed E-state index contributed by atoms with van der Waals surface area (Å²) in [7, 11) is -2.20. The molecule has 0 aliphatic carbocycles.